The molecule has 1 fully saturated rings. The van der Waals surface area contributed by atoms with Crippen molar-refractivity contribution in [3.8, 4) is 0 Å². The van der Waals surface area contributed by atoms with E-state index in [1.165, 1.54) is 0 Å². The van der Waals surface area contributed by atoms with Crippen molar-refractivity contribution in [3.63, 3.8) is 0 Å². The van der Waals surface area contributed by atoms with E-state index >= 15 is 0 Å². The van der Waals surface area contributed by atoms with Crippen molar-refractivity contribution in [3.05, 3.63) is 27.2 Å². The Hall–Kier alpha value is -0.640. The van der Waals surface area contributed by atoms with Crippen molar-refractivity contribution >= 4 is 46.4 Å². The molecule has 0 aromatic heterocycles. The third-order valence-corrected chi connectivity index (χ3v) is 3.68. The van der Waals surface area contributed by atoms with Crippen LogP contribution in [0.3, 0.4) is 0 Å². The number of halogens is 3. The fraction of sp³-hybridized carbons (Fsp3) is 0.417. The molecule has 3 nitrogen and oxygen atoms in total. The van der Waals surface area contributed by atoms with Crippen molar-refractivity contribution in [1.82, 2.24) is 5.32 Å². The summed E-state index contributed by atoms with van der Waals surface area (Å²) in [6.07, 6.45) is 2.74. The van der Waals surface area contributed by atoms with Gasteiger partial charge in [0.1, 0.15) is 6.04 Å². The first-order valence-corrected chi connectivity index (χ1v) is 6.90. The van der Waals surface area contributed by atoms with Crippen LogP contribution in [0.25, 0.3) is 0 Å². The molecule has 2 rings (SSSR count). The predicted molar refractivity (Wildman–Crippen MR) is 75.7 cm³/mol. The van der Waals surface area contributed by atoms with E-state index in [2.05, 4.69) is 10.6 Å². The summed E-state index contributed by atoms with van der Waals surface area (Å²) >= 11 is 18.0. The molecule has 1 aliphatic heterocycles. The van der Waals surface area contributed by atoms with Crippen molar-refractivity contribution in [1.29, 1.82) is 0 Å². The Bertz CT molecular complexity index is 442. The molecule has 1 saturated heterocycles. The zero-order chi connectivity index (χ0) is 13.1. The van der Waals surface area contributed by atoms with Crippen LogP contribution in [-0.2, 0) is 4.79 Å². The number of hydrogen-bond donors (Lipinski definition) is 2. The third-order valence-electron chi connectivity index (χ3n) is 2.86. The highest BCUT2D eigenvalue weighted by Crippen LogP contribution is 2.34. The van der Waals surface area contributed by atoms with Gasteiger partial charge in [-0.15, -0.1) is 0 Å². The first kappa shape index (κ1) is 13.8. The van der Waals surface area contributed by atoms with Crippen LogP contribution in [0.4, 0.5) is 5.69 Å². The number of amides is 1. The minimum Gasteiger partial charge on any atom is -0.371 e. The average Bonchev–Trinajstić information content (AvgIpc) is 2.49. The summed E-state index contributed by atoms with van der Waals surface area (Å²) in [7, 11) is 0. The summed E-state index contributed by atoms with van der Waals surface area (Å²) in [5.41, 5.74) is 0.560. The van der Waals surface area contributed by atoms with Crippen molar-refractivity contribution < 1.29 is 4.79 Å². The number of hydrogen-bond acceptors (Lipinski definition) is 2. The highest BCUT2D eigenvalue weighted by molar-refractivity contribution is 6.41. The molecular formula is C12H13Cl3N2O. The SMILES string of the molecule is O=C1NCCCCC1Nc1c(Cl)cc(Cl)cc1Cl. The summed E-state index contributed by atoms with van der Waals surface area (Å²) in [6, 6.07) is 2.90. The molecule has 0 radical (unpaired) electrons. The van der Waals surface area contributed by atoms with Crippen molar-refractivity contribution in [2.24, 2.45) is 0 Å². The van der Waals surface area contributed by atoms with E-state index in [1.54, 1.807) is 12.1 Å². The van der Waals surface area contributed by atoms with Crippen LogP contribution in [0.15, 0.2) is 12.1 Å². The standard InChI is InChI=1S/C12H13Cl3N2O/c13-7-5-8(14)11(9(15)6-7)17-10-3-1-2-4-16-12(10)18/h5-6,10,17H,1-4H2,(H,16,18). The Morgan fingerprint density at radius 2 is 1.83 bits per heavy atom. The largest absolute Gasteiger partial charge is 0.371 e. The van der Waals surface area contributed by atoms with Crippen LogP contribution in [0.1, 0.15) is 19.3 Å². The van der Waals surface area contributed by atoms with Crippen LogP contribution in [-0.4, -0.2) is 18.5 Å². The second-order valence-corrected chi connectivity index (χ2v) is 5.48. The van der Waals surface area contributed by atoms with Gasteiger partial charge in [0.05, 0.1) is 15.7 Å². The van der Waals surface area contributed by atoms with E-state index < -0.39 is 0 Å². The molecule has 0 spiro atoms. The van der Waals surface area contributed by atoms with Gasteiger partial charge in [0.2, 0.25) is 5.91 Å². The Morgan fingerprint density at radius 1 is 1.17 bits per heavy atom. The van der Waals surface area contributed by atoms with Crippen LogP contribution in [0, 0.1) is 0 Å². The molecule has 0 aliphatic carbocycles. The smallest absolute Gasteiger partial charge is 0.242 e. The first-order valence-electron chi connectivity index (χ1n) is 5.76. The number of anilines is 1. The first-order chi connectivity index (χ1) is 8.58. The number of nitrogens with one attached hydrogen (secondary N) is 2. The van der Waals surface area contributed by atoms with Gasteiger partial charge in [0.15, 0.2) is 0 Å². The lowest BCUT2D eigenvalue weighted by molar-refractivity contribution is -0.121. The lowest BCUT2D eigenvalue weighted by Gasteiger charge is -2.18. The van der Waals surface area contributed by atoms with Crippen LogP contribution >= 0.6 is 34.8 Å². The zero-order valence-corrected chi connectivity index (χ0v) is 11.9. The predicted octanol–water partition coefficient (Wildman–Crippen LogP) is 3.73. The Kier molecular flexibility index (Phi) is 4.60. The summed E-state index contributed by atoms with van der Waals surface area (Å²) in [4.78, 5) is 11.8. The van der Waals surface area contributed by atoms with Crippen molar-refractivity contribution in [2.75, 3.05) is 11.9 Å². The Labute approximate surface area is 121 Å². The van der Waals surface area contributed by atoms with Gasteiger partial charge in [-0.3, -0.25) is 4.79 Å². The van der Waals surface area contributed by atoms with Gasteiger partial charge >= 0.3 is 0 Å². The summed E-state index contributed by atoms with van der Waals surface area (Å²) in [6.45, 7) is 0.721. The normalized spacial score (nSPS) is 20.2. The highest BCUT2D eigenvalue weighted by atomic mass is 35.5. The highest BCUT2D eigenvalue weighted by Gasteiger charge is 2.22. The van der Waals surface area contributed by atoms with Crippen LogP contribution < -0.4 is 10.6 Å². The number of carbonyl (C=O) groups is 1. The molecule has 1 heterocycles. The molecule has 1 aliphatic rings. The van der Waals surface area contributed by atoms with Gasteiger partial charge in [0, 0.05) is 11.6 Å². The van der Waals surface area contributed by atoms with E-state index in [-0.39, 0.29) is 11.9 Å². The molecule has 1 aromatic rings. The zero-order valence-electron chi connectivity index (χ0n) is 9.60. The molecule has 1 atom stereocenters. The second-order valence-electron chi connectivity index (χ2n) is 4.23. The maximum Gasteiger partial charge on any atom is 0.242 e. The van der Waals surface area contributed by atoms with E-state index in [0.29, 0.717) is 20.8 Å². The molecule has 1 unspecified atom stereocenters. The van der Waals surface area contributed by atoms with Crippen LogP contribution in [0.2, 0.25) is 15.1 Å². The molecule has 6 heteroatoms. The molecule has 18 heavy (non-hydrogen) atoms. The Morgan fingerprint density at radius 3 is 2.50 bits per heavy atom. The van der Waals surface area contributed by atoms with Gasteiger partial charge in [0.25, 0.3) is 0 Å². The molecule has 98 valence electrons. The molecule has 0 bridgehead atoms. The minimum atomic E-state index is -0.302. The number of carbonyl (C=O) groups excluding carboxylic acids is 1. The quantitative estimate of drug-likeness (QED) is 0.874. The topological polar surface area (TPSA) is 41.1 Å². The Balaban J connectivity index is 2.20. The fourth-order valence-corrected chi connectivity index (χ4v) is 2.86. The van der Waals surface area contributed by atoms with Gasteiger partial charge in [-0.2, -0.15) is 0 Å². The minimum absolute atomic E-state index is 0.0189. The number of rotatable bonds is 2. The average molecular weight is 308 g/mol. The lowest BCUT2D eigenvalue weighted by atomic mass is 10.1. The molecule has 1 amide bonds. The fourth-order valence-electron chi connectivity index (χ4n) is 1.93. The van der Waals surface area contributed by atoms with E-state index in [1.807, 2.05) is 0 Å². The molecule has 0 saturated carbocycles. The van der Waals surface area contributed by atoms with E-state index in [4.69, 9.17) is 34.8 Å². The lowest BCUT2D eigenvalue weighted by Crippen LogP contribution is -2.38. The molecule has 1 aromatic carbocycles. The summed E-state index contributed by atoms with van der Waals surface area (Å²) in [5, 5.41) is 7.27. The summed E-state index contributed by atoms with van der Waals surface area (Å²) in [5.74, 6) is -0.0189. The monoisotopic (exact) mass is 306 g/mol. The third kappa shape index (κ3) is 3.22. The van der Waals surface area contributed by atoms with Crippen molar-refractivity contribution in [2.45, 2.75) is 25.3 Å². The molecular weight excluding hydrogens is 295 g/mol. The maximum atomic E-state index is 11.8. The van der Waals surface area contributed by atoms with Gasteiger partial charge in [-0.05, 0) is 31.4 Å². The van der Waals surface area contributed by atoms with Gasteiger partial charge in [-0.1, -0.05) is 34.8 Å². The van der Waals surface area contributed by atoms with Gasteiger partial charge < -0.3 is 10.6 Å². The second kappa shape index (κ2) is 6.00. The summed E-state index contributed by atoms with van der Waals surface area (Å²) < 4.78 is 0. The van der Waals surface area contributed by atoms with Gasteiger partial charge in [-0.25, -0.2) is 0 Å². The number of benzene rings is 1. The molecule has 2 N–H and O–H groups in total. The maximum absolute atomic E-state index is 11.8. The van der Waals surface area contributed by atoms with E-state index in [0.717, 1.165) is 25.8 Å². The van der Waals surface area contributed by atoms with E-state index in [9.17, 15) is 4.79 Å². The van der Waals surface area contributed by atoms with Crippen LogP contribution in [0.5, 0.6) is 0 Å².